The molecule has 2 heteroatoms. The van der Waals surface area contributed by atoms with E-state index in [9.17, 15) is 0 Å². The Bertz CT molecular complexity index is 70.9. The lowest BCUT2D eigenvalue weighted by molar-refractivity contribution is 0.318. The molecule has 0 saturated heterocycles. The van der Waals surface area contributed by atoms with Gasteiger partial charge < -0.3 is 5.21 Å². The van der Waals surface area contributed by atoms with Gasteiger partial charge in [-0.25, -0.2) is 0 Å². The lowest BCUT2D eigenvalue weighted by Gasteiger charge is -1.97. The minimum absolute atomic E-state index is 0.421. The van der Waals surface area contributed by atoms with E-state index in [2.05, 4.69) is 12.1 Å². The quantitative estimate of drug-likeness (QED) is 0.340. The predicted octanol–water partition coefficient (Wildman–Crippen LogP) is 1.88. The minimum atomic E-state index is 0.421. The molecule has 8 heavy (non-hydrogen) atoms. The SMILES string of the molecule is CCCC(C)/C=N/O. The van der Waals surface area contributed by atoms with Gasteiger partial charge >= 0.3 is 0 Å². The summed E-state index contributed by atoms with van der Waals surface area (Å²) in [5.41, 5.74) is 0. The molecule has 2 nitrogen and oxygen atoms in total. The number of nitrogens with zero attached hydrogens (tertiary/aromatic N) is 1. The molecule has 0 radical (unpaired) electrons. The van der Waals surface area contributed by atoms with Gasteiger partial charge in [-0.1, -0.05) is 20.3 Å². The number of rotatable bonds is 3. The first-order valence-corrected chi connectivity index (χ1v) is 2.98. The Balaban J connectivity index is 3.17. The highest BCUT2D eigenvalue weighted by molar-refractivity contribution is 5.58. The molecule has 1 atom stereocenters. The van der Waals surface area contributed by atoms with E-state index in [4.69, 9.17) is 5.21 Å². The Kier molecular flexibility index (Phi) is 4.32. The first-order chi connectivity index (χ1) is 3.81. The Morgan fingerprint density at radius 2 is 2.38 bits per heavy atom. The van der Waals surface area contributed by atoms with E-state index in [-0.39, 0.29) is 0 Å². The molecule has 1 unspecified atom stereocenters. The fraction of sp³-hybridized carbons (Fsp3) is 0.833. The van der Waals surface area contributed by atoms with Gasteiger partial charge in [0, 0.05) is 6.21 Å². The van der Waals surface area contributed by atoms with E-state index in [1.807, 2.05) is 6.92 Å². The van der Waals surface area contributed by atoms with Crippen molar-refractivity contribution in [3.63, 3.8) is 0 Å². The second-order valence-electron chi connectivity index (χ2n) is 2.03. The molecular formula is C6H13NO. The lowest BCUT2D eigenvalue weighted by Crippen LogP contribution is -1.93. The standard InChI is InChI=1S/C6H13NO/c1-3-4-6(2)5-7-8/h5-6,8H,3-4H2,1-2H3/b7-5+. The van der Waals surface area contributed by atoms with Gasteiger partial charge in [0.25, 0.3) is 0 Å². The summed E-state index contributed by atoms with van der Waals surface area (Å²) in [4.78, 5) is 0. The molecule has 0 spiro atoms. The van der Waals surface area contributed by atoms with E-state index in [1.165, 1.54) is 0 Å². The Hall–Kier alpha value is -0.530. The minimum Gasteiger partial charge on any atom is -0.411 e. The van der Waals surface area contributed by atoms with Gasteiger partial charge in [-0.2, -0.15) is 0 Å². The summed E-state index contributed by atoms with van der Waals surface area (Å²) < 4.78 is 0. The normalized spacial score (nSPS) is 14.8. The Labute approximate surface area is 50.2 Å². The van der Waals surface area contributed by atoms with Gasteiger partial charge in [0.1, 0.15) is 0 Å². The van der Waals surface area contributed by atoms with Crippen LogP contribution in [0.15, 0.2) is 5.16 Å². The molecule has 0 aliphatic carbocycles. The zero-order chi connectivity index (χ0) is 6.41. The zero-order valence-corrected chi connectivity index (χ0v) is 5.46. The molecule has 0 saturated carbocycles. The first-order valence-electron chi connectivity index (χ1n) is 2.98. The van der Waals surface area contributed by atoms with Crippen LogP contribution in [0.1, 0.15) is 26.7 Å². The molecular weight excluding hydrogens is 102 g/mol. The third kappa shape index (κ3) is 3.65. The van der Waals surface area contributed by atoms with Crippen LogP contribution in [0.2, 0.25) is 0 Å². The van der Waals surface area contributed by atoms with Crippen molar-refractivity contribution in [1.82, 2.24) is 0 Å². The molecule has 0 aromatic heterocycles. The van der Waals surface area contributed by atoms with E-state index in [0.29, 0.717) is 5.92 Å². The van der Waals surface area contributed by atoms with Crippen LogP contribution in [-0.2, 0) is 0 Å². The van der Waals surface area contributed by atoms with Crippen LogP contribution in [0.25, 0.3) is 0 Å². The van der Waals surface area contributed by atoms with E-state index >= 15 is 0 Å². The Morgan fingerprint density at radius 1 is 1.75 bits per heavy atom. The summed E-state index contributed by atoms with van der Waals surface area (Å²) in [6.07, 6.45) is 3.81. The van der Waals surface area contributed by atoms with E-state index in [0.717, 1.165) is 12.8 Å². The van der Waals surface area contributed by atoms with Crippen molar-refractivity contribution in [3.05, 3.63) is 0 Å². The molecule has 0 fully saturated rings. The van der Waals surface area contributed by atoms with Crippen molar-refractivity contribution < 1.29 is 5.21 Å². The molecule has 0 rings (SSSR count). The maximum absolute atomic E-state index is 8.03. The second kappa shape index (κ2) is 4.62. The van der Waals surface area contributed by atoms with Crippen LogP contribution in [0.5, 0.6) is 0 Å². The molecule has 0 aromatic rings. The largest absolute Gasteiger partial charge is 0.411 e. The summed E-state index contributed by atoms with van der Waals surface area (Å²) in [6, 6.07) is 0. The van der Waals surface area contributed by atoms with E-state index in [1.54, 1.807) is 6.21 Å². The van der Waals surface area contributed by atoms with Crippen molar-refractivity contribution in [2.75, 3.05) is 0 Å². The fourth-order valence-electron chi connectivity index (χ4n) is 0.644. The van der Waals surface area contributed by atoms with Crippen LogP contribution in [0.3, 0.4) is 0 Å². The van der Waals surface area contributed by atoms with Gasteiger partial charge in [0.05, 0.1) is 0 Å². The van der Waals surface area contributed by atoms with Gasteiger partial charge in [0.15, 0.2) is 0 Å². The maximum atomic E-state index is 8.03. The topological polar surface area (TPSA) is 32.6 Å². The number of hydrogen-bond donors (Lipinski definition) is 1. The molecule has 0 heterocycles. The van der Waals surface area contributed by atoms with Crippen molar-refractivity contribution >= 4 is 6.21 Å². The average Bonchev–Trinajstić information content (AvgIpc) is 1.68. The molecule has 0 aliphatic heterocycles. The molecule has 0 aliphatic rings. The van der Waals surface area contributed by atoms with Gasteiger partial charge in [-0.05, 0) is 12.3 Å². The maximum Gasteiger partial charge on any atom is 0.0464 e. The summed E-state index contributed by atoms with van der Waals surface area (Å²) in [7, 11) is 0. The summed E-state index contributed by atoms with van der Waals surface area (Å²) in [5, 5.41) is 11.0. The smallest absolute Gasteiger partial charge is 0.0464 e. The van der Waals surface area contributed by atoms with Gasteiger partial charge in [-0.3, -0.25) is 0 Å². The second-order valence-corrected chi connectivity index (χ2v) is 2.03. The molecule has 0 bridgehead atoms. The van der Waals surface area contributed by atoms with Crippen LogP contribution >= 0.6 is 0 Å². The third-order valence-corrected chi connectivity index (χ3v) is 1.07. The van der Waals surface area contributed by atoms with Crippen molar-refractivity contribution in [1.29, 1.82) is 0 Å². The number of oxime groups is 1. The summed E-state index contributed by atoms with van der Waals surface area (Å²) >= 11 is 0. The molecule has 1 N–H and O–H groups in total. The Morgan fingerprint density at radius 3 is 2.75 bits per heavy atom. The van der Waals surface area contributed by atoms with Gasteiger partial charge in [0.2, 0.25) is 0 Å². The van der Waals surface area contributed by atoms with Crippen molar-refractivity contribution in [3.8, 4) is 0 Å². The third-order valence-electron chi connectivity index (χ3n) is 1.07. The fourth-order valence-corrected chi connectivity index (χ4v) is 0.644. The zero-order valence-electron chi connectivity index (χ0n) is 5.46. The highest BCUT2D eigenvalue weighted by Gasteiger charge is 1.92. The molecule has 0 aromatic carbocycles. The van der Waals surface area contributed by atoms with E-state index < -0.39 is 0 Å². The average molecular weight is 115 g/mol. The van der Waals surface area contributed by atoms with Crippen LogP contribution in [-0.4, -0.2) is 11.4 Å². The first kappa shape index (κ1) is 7.47. The molecule has 0 amide bonds. The number of hydrogen-bond acceptors (Lipinski definition) is 2. The molecule has 48 valence electrons. The van der Waals surface area contributed by atoms with Crippen molar-refractivity contribution in [2.45, 2.75) is 26.7 Å². The summed E-state index contributed by atoms with van der Waals surface area (Å²) in [6.45, 7) is 4.14. The monoisotopic (exact) mass is 115 g/mol. The highest BCUT2D eigenvalue weighted by atomic mass is 16.4. The van der Waals surface area contributed by atoms with Gasteiger partial charge in [-0.15, -0.1) is 5.16 Å². The highest BCUT2D eigenvalue weighted by Crippen LogP contribution is 1.99. The lowest BCUT2D eigenvalue weighted by atomic mass is 10.1. The van der Waals surface area contributed by atoms with Crippen molar-refractivity contribution in [2.24, 2.45) is 11.1 Å². The predicted molar refractivity (Wildman–Crippen MR) is 34.4 cm³/mol. The van der Waals surface area contributed by atoms with Crippen LogP contribution in [0.4, 0.5) is 0 Å². The van der Waals surface area contributed by atoms with Crippen LogP contribution in [0, 0.1) is 5.92 Å². The van der Waals surface area contributed by atoms with Crippen LogP contribution < -0.4 is 0 Å². The summed E-state index contributed by atoms with van der Waals surface area (Å²) in [5.74, 6) is 0.421.